The van der Waals surface area contributed by atoms with Crippen molar-refractivity contribution in [2.24, 2.45) is 11.3 Å². The average Bonchev–Trinajstić information content (AvgIpc) is 3.36. The minimum atomic E-state index is -0.252. The molecule has 164 valence electrons. The van der Waals surface area contributed by atoms with Crippen LogP contribution in [-0.4, -0.2) is 20.9 Å². The summed E-state index contributed by atoms with van der Waals surface area (Å²) in [7, 11) is 0. The van der Waals surface area contributed by atoms with Crippen molar-refractivity contribution in [3.63, 3.8) is 0 Å². The number of pyridine rings is 2. The van der Waals surface area contributed by atoms with Gasteiger partial charge < -0.3 is 5.73 Å². The second-order valence-corrected chi connectivity index (χ2v) is 11.2. The molecule has 0 spiro atoms. The smallest absolute Gasteiger partial charge is 0.269 e. The molecule has 4 aromatic heterocycles. The lowest BCUT2D eigenvalue weighted by Crippen LogP contribution is -2.27. The molecule has 1 amide bonds. The van der Waals surface area contributed by atoms with Gasteiger partial charge >= 0.3 is 0 Å². The third-order valence-corrected chi connectivity index (χ3v) is 8.04. The minimum Gasteiger partial charge on any atom is -0.397 e. The number of hydrogen-bond acceptors (Lipinski definition) is 7. The van der Waals surface area contributed by atoms with Crippen LogP contribution in [0.3, 0.4) is 0 Å². The zero-order valence-corrected chi connectivity index (χ0v) is 19.9. The maximum atomic E-state index is 13.0. The lowest BCUT2D eigenvalue weighted by atomic mass is 9.71. The summed E-state index contributed by atoms with van der Waals surface area (Å²) in [6.45, 7) is 6.90. The van der Waals surface area contributed by atoms with Crippen LogP contribution in [0.1, 0.15) is 48.1 Å². The zero-order valence-electron chi connectivity index (χ0n) is 18.3. The number of carbonyl (C=O) groups is 1. The molecule has 4 aromatic rings. The topological polar surface area (TPSA) is 93.8 Å². The molecular formula is C24H25N5OS2. The number of fused-ring (bicyclic) bond motifs is 2. The van der Waals surface area contributed by atoms with Crippen molar-refractivity contribution < 1.29 is 4.79 Å². The van der Waals surface area contributed by atoms with Crippen LogP contribution in [0.4, 0.5) is 10.8 Å². The number of carbonyl (C=O) groups excluding carboxylic acids is 1. The Bertz CT molecular complexity index is 1300. The van der Waals surface area contributed by atoms with E-state index in [-0.39, 0.29) is 11.3 Å². The van der Waals surface area contributed by atoms with Crippen LogP contribution in [0.25, 0.3) is 21.6 Å². The molecule has 0 aromatic carbocycles. The first-order valence-electron chi connectivity index (χ1n) is 10.7. The first-order chi connectivity index (χ1) is 15.3. The molecule has 0 bridgehead atoms. The van der Waals surface area contributed by atoms with Crippen LogP contribution in [0.2, 0.25) is 0 Å². The molecule has 32 heavy (non-hydrogen) atoms. The summed E-state index contributed by atoms with van der Waals surface area (Å²) < 4.78 is 0. The summed E-state index contributed by atoms with van der Waals surface area (Å²) in [4.78, 5) is 28.0. The standard InChI is InChI=1S/C24H25N5OS2/c1-24(2,3)14-7-8-16-13(10-14)11-15-19(25)20(32-22(15)27-16)21(30)29-23-28-18(12-31-23)17-6-4-5-9-26-17/h4-6,9,11-12,14H,7-8,10,25H2,1-3H3,(H,28,29,30). The van der Waals surface area contributed by atoms with Crippen LogP contribution in [0.15, 0.2) is 35.8 Å². The van der Waals surface area contributed by atoms with E-state index in [2.05, 4.69) is 42.1 Å². The Labute approximate surface area is 194 Å². The summed E-state index contributed by atoms with van der Waals surface area (Å²) in [5, 5.41) is 6.17. The van der Waals surface area contributed by atoms with Crippen molar-refractivity contribution in [2.75, 3.05) is 11.1 Å². The second kappa shape index (κ2) is 7.94. The van der Waals surface area contributed by atoms with E-state index in [1.807, 2.05) is 23.6 Å². The maximum Gasteiger partial charge on any atom is 0.269 e. The molecule has 5 rings (SSSR count). The Kier molecular flexibility index (Phi) is 5.22. The number of amides is 1. The van der Waals surface area contributed by atoms with Crippen molar-refractivity contribution in [1.82, 2.24) is 15.0 Å². The average molecular weight is 464 g/mol. The highest BCUT2D eigenvalue weighted by atomic mass is 32.1. The largest absolute Gasteiger partial charge is 0.397 e. The second-order valence-electron chi connectivity index (χ2n) is 9.30. The number of aryl methyl sites for hydroxylation is 1. The SMILES string of the molecule is CC(C)(C)C1CCc2nc3sc(C(=O)Nc4nc(-c5ccccn5)cs4)c(N)c3cc2C1. The van der Waals surface area contributed by atoms with Crippen molar-refractivity contribution in [1.29, 1.82) is 0 Å². The van der Waals surface area contributed by atoms with Gasteiger partial charge in [0, 0.05) is 22.7 Å². The number of thiazole rings is 1. The van der Waals surface area contributed by atoms with E-state index in [9.17, 15) is 4.79 Å². The quantitative estimate of drug-likeness (QED) is 0.400. The van der Waals surface area contributed by atoms with Crippen LogP contribution >= 0.6 is 22.7 Å². The Morgan fingerprint density at radius 2 is 2.06 bits per heavy atom. The molecule has 0 saturated carbocycles. The van der Waals surface area contributed by atoms with E-state index in [4.69, 9.17) is 10.7 Å². The summed E-state index contributed by atoms with van der Waals surface area (Å²) in [5.41, 5.74) is 11.1. The van der Waals surface area contributed by atoms with Gasteiger partial charge in [0.15, 0.2) is 5.13 Å². The predicted molar refractivity (Wildman–Crippen MR) is 132 cm³/mol. The molecule has 3 N–H and O–H groups in total. The lowest BCUT2D eigenvalue weighted by molar-refractivity contribution is 0.103. The number of nitrogens with two attached hydrogens (primary N) is 1. The summed E-state index contributed by atoms with van der Waals surface area (Å²) >= 11 is 2.72. The summed E-state index contributed by atoms with van der Waals surface area (Å²) in [5.74, 6) is 0.369. The number of rotatable bonds is 3. The van der Waals surface area contributed by atoms with Gasteiger partial charge in [0.2, 0.25) is 0 Å². The first kappa shape index (κ1) is 21.0. The van der Waals surface area contributed by atoms with E-state index >= 15 is 0 Å². The molecule has 0 aliphatic heterocycles. The van der Waals surface area contributed by atoms with E-state index in [1.54, 1.807) is 6.20 Å². The number of aromatic nitrogens is 3. The first-order valence-corrected chi connectivity index (χ1v) is 12.4. The highest BCUT2D eigenvalue weighted by molar-refractivity contribution is 7.21. The Morgan fingerprint density at radius 1 is 1.22 bits per heavy atom. The Balaban J connectivity index is 1.41. The number of nitrogens with zero attached hydrogens (tertiary/aromatic N) is 3. The van der Waals surface area contributed by atoms with Gasteiger partial charge in [0.25, 0.3) is 5.91 Å². The lowest BCUT2D eigenvalue weighted by Gasteiger charge is -2.34. The normalized spacial score (nSPS) is 16.2. The van der Waals surface area contributed by atoms with E-state index in [0.29, 0.717) is 21.6 Å². The third kappa shape index (κ3) is 3.89. The van der Waals surface area contributed by atoms with Crippen LogP contribution < -0.4 is 11.1 Å². The van der Waals surface area contributed by atoms with Crippen LogP contribution in [0.5, 0.6) is 0 Å². The molecule has 4 heterocycles. The number of anilines is 2. The molecular weight excluding hydrogens is 438 g/mol. The van der Waals surface area contributed by atoms with E-state index in [1.165, 1.54) is 28.2 Å². The van der Waals surface area contributed by atoms with Gasteiger partial charge in [-0.15, -0.1) is 22.7 Å². The van der Waals surface area contributed by atoms with Gasteiger partial charge in [-0.2, -0.15) is 0 Å². The van der Waals surface area contributed by atoms with Crippen molar-refractivity contribution in [2.45, 2.75) is 40.0 Å². The van der Waals surface area contributed by atoms with E-state index < -0.39 is 0 Å². The van der Waals surface area contributed by atoms with Gasteiger partial charge in [-0.25, -0.2) is 9.97 Å². The monoisotopic (exact) mass is 463 g/mol. The van der Waals surface area contributed by atoms with Crippen molar-refractivity contribution in [3.8, 4) is 11.4 Å². The molecule has 0 saturated heterocycles. The molecule has 0 fully saturated rings. The number of thiophene rings is 1. The summed E-state index contributed by atoms with van der Waals surface area (Å²) in [6.07, 6.45) is 4.85. The van der Waals surface area contributed by atoms with E-state index in [0.717, 1.165) is 46.6 Å². The van der Waals surface area contributed by atoms with Crippen LogP contribution in [0, 0.1) is 11.3 Å². The predicted octanol–water partition coefficient (Wildman–Crippen LogP) is 5.80. The fourth-order valence-electron chi connectivity index (χ4n) is 4.22. The van der Waals surface area contributed by atoms with Gasteiger partial charge in [-0.1, -0.05) is 26.8 Å². The summed E-state index contributed by atoms with van der Waals surface area (Å²) in [6, 6.07) is 7.81. The highest BCUT2D eigenvalue weighted by Crippen LogP contribution is 2.40. The number of hydrogen-bond donors (Lipinski definition) is 2. The minimum absolute atomic E-state index is 0.252. The van der Waals surface area contributed by atoms with Gasteiger partial charge in [-0.3, -0.25) is 15.1 Å². The van der Waals surface area contributed by atoms with Crippen molar-refractivity contribution in [3.05, 3.63) is 52.0 Å². The molecule has 6 nitrogen and oxygen atoms in total. The highest BCUT2D eigenvalue weighted by Gasteiger charge is 2.30. The maximum absolute atomic E-state index is 13.0. The molecule has 1 aliphatic carbocycles. The fourth-order valence-corrected chi connectivity index (χ4v) is 5.91. The van der Waals surface area contributed by atoms with Gasteiger partial charge in [-0.05, 0) is 54.4 Å². The molecule has 0 radical (unpaired) electrons. The number of nitrogens with one attached hydrogen (secondary N) is 1. The van der Waals surface area contributed by atoms with Gasteiger partial charge in [0.05, 0.1) is 11.4 Å². The van der Waals surface area contributed by atoms with Gasteiger partial charge in [0.1, 0.15) is 15.4 Å². The molecule has 1 aliphatic rings. The third-order valence-electron chi connectivity index (χ3n) is 6.17. The molecule has 1 atom stereocenters. The Morgan fingerprint density at radius 3 is 2.81 bits per heavy atom. The molecule has 1 unspecified atom stereocenters. The van der Waals surface area contributed by atoms with Crippen LogP contribution in [-0.2, 0) is 12.8 Å². The molecule has 8 heteroatoms. The fraction of sp³-hybridized carbons (Fsp3) is 0.333. The van der Waals surface area contributed by atoms with Crippen molar-refractivity contribution >= 4 is 49.6 Å². The Hall–Kier alpha value is -2.84. The zero-order chi connectivity index (χ0) is 22.5. The number of nitrogen functional groups attached to an aromatic ring is 1.